The number of carbonyl (C=O) groups is 1. The molecule has 1 fully saturated rings. The first-order valence-corrected chi connectivity index (χ1v) is 3.63. The fourth-order valence-corrected chi connectivity index (χ4v) is 1.13. The van der Waals surface area contributed by atoms with Gasteiger partial charge in [-0.1, -0.05) is 0 Å². The van der Waals surface area contributed by atoms with Crippen LogP contribution in [0.15, 0.2) is 0 Å². The van der Waals surface area contributed by atoms with Crippen molar-refractivity contribution in [2.45, 2.75) is 24.9 Å². The number of hydrogen-bond acceptors (Lipinski definition) is 5. The molecular formula is C7H12O5. The van der Waals surface area contributed by atoms with Crippen LogP contribution in [0.2, 0.25) is 0 Å². The second kappa shape index (κ2) is 3.84. The van der Waals surface area contributed by atoms with Crippen LogP contribution in [0, 0.1) is 0 Å². The Morgan fingerprint density at radius 3 is 2.67 bits per heavy atom. The number of hydrogen-bond donors (Lipinski definition) is 1. The minimum Gasteiger partial charge on any atom is -0.467 e. The average molecular weight is 176 g/mol. The molecule has 1 aliphatic rings. The van der Waals surface area contributed by atoms with Crippen LogP contribution in [0.5, 0.6) is 0 Å². The zero-order valence-corrected chi connectivity index (χ0v) is 7.02. The molecule has 5 nitrogen and oxygen atoms in total. The van der Waals surface area contributed by atoms with Crippen molar-refractivity contribution in [3.63, 3.8) is 0 Å². The first-order chi connectivity index (χ1) is 5.69. The van der Waals surface area contributed by atoms with Crippen LogP contribution in [0.4, 0.5) is 0 Å². The summed E-state index contributed by atoms with van der Waals surface area (Å²) < 4.78 is 14.2. The van der Waals surface area contributed by atoms with Crippen LogP contribution >= 0.6 is 0 Å². The summed E-state index contributed by atoms with van der Waals surface area (Å²) in [5.41, 5.74) is 0. The molecule has 1 aliphatic heterocycles. The van der Waals surface area contributed by atoms with Crippen LogP contribution in [0.3, 0.4) is 0 Å². The molecule has 0 spiro atoms. The number of methoxy groups -OCH3 is 2. The molecule has 1 N–H and O–H groups in total. The van der Waals surface area contributed by atoms with Gasteiger partial charge >= 0.3 is 5.97 Å². The zero-order chi connectivity index (χ0) is 9.14. The van der Waals surface area contributed by atoms with Gasteiger partial charge in [0.15, 0.2) is 12.4 Å². The summed E-state index contributed by atoms with van der Waals surface area (Å²) in [4.78, 5) is 10.9. The van der Waals surface area contributed by atoms with E-state index in [2.05, 4.69) is 4.74 Å². The molecule has 1 heterocycles. The van der Waals surface area contributed by atoms with Gasteiger partial charge in [-0.2, -0.15) is 0 Å². The summed E-state index contributed by atoms with van der Waals surface area (Å²) in [5.74, 6) is -0.478. The van der Waals surface area contributed by atoms with Crippen molar-refractivity contribution in [2.24, 2.45) is 0 Å². The van der Waals surface area contributed by atoms with E-state index >= 15 is 0 Å². The Bertz CT molecular complexity index is 169. The Labute approximate surface area is 70.2 Å². The normalized spacial score (nSPS) is 35.1. The SMILES string of the molecule is COC(=O)C1CC(O)C(OC)O1. The molecule has 70 valence electrons. The molecule has 3 unspecified atom stereocenters. The lowest BCUT2D eigenvalue weighted by molar-refractivity contribution is -0.174. The van der Waals surface area contributed by atoms with Crippen molar-refractivity contribution in [2.75, 3.05) is 14.2 Å². The molecular weight excluding hydrogens is 164 g/mol. The maximum absolute atomic E-state index is 10.9. The van der Waals surface area contributed by atoms with Crippen molar-refractivity contribution < 1.29 is 24.1 Å². The third kappa shape index (κ3) is 1.74. The van der Waals surface area contributed by atoms with E-state index in [0.29, 0.717) is 0 Å². The molecule has 0 aliphatic carbocycles. The molecule has 0 aromatic heterocycles. The lowest BCUT2D eigenvalue weighted by atomic mass is 10.2. The van der Waals surface area contributed by atoms with E-state index in [9.17, 15) is 9.90 Å². The maximum Gasteiger partial charge on any atom is 0.335 e. The molecule has 0 saturated carbocycles. The molecule has 5 heteroatoms. The summed E-state index contributed by atoms with van der Waals surface area (Å²) in [6.07, 6.45) is -1.94. The van der Waals surface area contributed by atoms with E-state index < -0.39 is 24.5 Å². The molecule has 3 atom stereocenters. The van der Waals surface area contributed by atoms with Gasteiger partial charge in [0.05, 0.1) is 7.11 Å². The second-order valence-corrected chi connectivity index (χ2v) is 2.56. The zero-order valence-electron chi connectivity index (χ0n) is 7.02. The highest BCUT2D eigenvalue weighted by Gasteiger charge is 2.38. The lowest BCUT2D eigenvalue weighted by Crippen LogP contribution is -2.24. The summed E-state index contributed by atoms with van der Waals surface area (Å²) in [6.45, 7) is 0. The molecule has 1 rings (SSSR count). The predicted molar refractivity (Wildman–Crippen MR) is 38.3 cm³/mol. The standard InChI is InChI=1S/C7H12O5/c1-10-6(9)5-3-4(8)7(11-2)12-5/h4-5,7-8H,3H2,1-2H3. The highest BCUT2D eigenvalue weighted by Crippen LogP contribution is 2.21. The van der Waals surface area contributed by atoms with Gasteiger partial charge in [0, 0.05) is 13.5 Å². The number of ether oxygens (including phenoxy) is 3. The smallest absolute Gasteiger partial charge is 0.335 e. The average Bonchev–Trinajstić information content (AvgIpc) is 2.45. The number of rotatable bonds is 2. The number of carbonyl (C=O) groups excluding carboxylic acids is 1. The monoisotopic (exact) mass is 176 g/mol. The van der Waals surface area contributed by atoms with E-state index in [1.165, 1.54) is 14.2 Å². The molecule has 0 amide bonds. The second-order valence-electron chi connectivity index (χ2n) is 2.56. The lowest BCUT2D eigenvalue weighted by Gasteiger charge is -2.11. The van der Waals surface area contributed by atoms with Gasteiger partial charge in [0.1, 0.15) is 6.10 Å². The van der Waals surface area contributed by atoms with Crippen molar-refractivity contribution in [3.8, 4) is 0 Å². The van der Waals surface area contributed by atoms with Gasteiger partial charge in [-0.15, -0.1) is 0 Å². The van der Waals surface area contributed by atoms with Gasteiger partial charge in [-0.05, 0) is 0 Å². The van der Waals surface area contributed by atoms with Crippen molar-refractivity contribution in [1.82, 2.24) is 0 Å². The van der Waals surface area contributed by atoms with Crippen LogP contribution < -0.4 is 0 Å². The van der Waals surface area contributed by atoms with Gasteiger partial charge < -0.3 is 19.3 Å². The van der Waals surface area contributed by atoms with E-state index in [0.717, 1.165) is 0 Å². The third-order valence-corrected chi connectivity index (χ3v) is 1.76. The van der Waals surface area contributed by atoms with E-state index in [1.807, 2.05) is 0 Å². The van der Waals surface area contributed by atoms with Crippen molar-refractivity contribution in [3.05, 3.63) is 0 Å². The first-order valence-electron chi connectivity index (χ1n) is 3.63. The van der Waals surface area contributed by atoms with E-state index in [-0.39, 0.29) is 6.42 Å². The van der Waals surface area contributed by atoms with Crippen molar-refractivity contribution >= 4 is 5.97 Å². The van der Waals surface area contributed by atoms with Gasteiger partial charge in [0.25, 0.3) is 0 Å². The van der Waals surface area contributed by atoms with E-state index in [1.54, 1.807) is 0 Å². The highest BCUT2D eigenvalue weighted by atomic mass is 16.7. The minimum atomic E-state index is -0.751. The van der Waals surface area contributed by atoms with Gasteiger partial charge in [-0.25, -0.2) is 4.79 Å². The molecule has 0 bridgehead atoms. The van der Waals surface area contributed by atoms with Crippen molar-refractivity contribution in [1.29, 1.82) is 0 Å². The number of aliphatic hydroxyl groups is 1. The molecule has 0 aromatic rings. The van der Waals surface area contributed by atoms with Crippen LogP contribution in [-0.4, -0.2) is 43.8 Å². The number of aliphatic hydroxyl groups excluding tert-OH is 1. The van der Waals surface area contributed by atoms with Gasteiger partial charge in [-0.3, -0.25) is 0 Å². The Balaban J connectivity index is 2.48. The highest BCUT2D eigenvalue weighted by molar-refractivity contribution is 5.74. The minimum absolute atomic E-state index is 0.227. The van der Waals surface area contributed by atoms with Crippen LogP contribution in [0.1, 0.15) is 6.42 Å². The predicted octanol–water partition coefficient (Wildman–Crippen LogP) is -0.718. The summed E-state index contributed by atoms with van der Waals surface area (Å²) in [7, 11) is 2.69. The van der Waals surface area contributed by atoms with Gasteiger partial charge in [0.2, 0.25) is 0 Å². The molecule has 12 heavy (non-hydrogen) atoms. The van der Waals surface area contributed by atoms with Crippen LogP contribution in [0.25, 0.3) is 0 Å². The Hall–Kier alpha value is -0.650. The summed E-state index contributed by atoms with van der Waals surface area (Å²) in [6, 6.07) is 0. The molecule has 0 radical (unpaired) electrons. The number of esters is 1. The maximum atomic E-state index is 10.9. The molecule has 0 aromatic carbocycles. The summed E-state index contributed by atoms with van der Waals surface area (Å²) >= 11 is 0. The van der Waals surface area contributed by atoms with Crippen LogP contribution in [-0.2, 0) is 19.0 Å². The summed E-state index contributed by atoms with van der Waals surface area (Å²) in [5, 5.41) is 9.25. The first kappa shape index (κ1) is 9.44. The largest absolute Gasteiger partial charge is 0.467 e. The Morgan fingerprint density at radius 1 is 1.58 bits per heavy atom. The Kier molecular flexibility index (Phi) is 3.02. The van der Waals surface area contributed by atoms with E-state index in [4.69, 9.17) is 9.47 Å². The fraction of sp³-hybridized carbons (Fsp3) is 0.857. The third-order valence-electron chi connectivity index (χ3n) is 1.76. The quantitative estimate of drug-likeness (QED) is 0.562. The topological polar surface area (TPSA) is 65.0 Å². The molecule has 1 saturated heterocycles. The fourth-order valence-electron chi connectivity index (χ4n) is 1.13. The Morgan fingerprint density at radius 2 is 2.25 bits per heavy atom.